The molecule has 0 saturated heterocycles. The van der Waals surface area contributed by atoms with Crippen LogP contribution >= 0.6 is 0 Å². The molecule has 1 N–H and O–H groups in total. The highest BCUT2D eigenvalue weighted by atomic mass is 16.5. The third kappa shape index (κ3) is 3.80. The second kappa shape index (κ2) is 5.33. The Hall–Kier alpha value is -1.36. The zero-order valence-corrected chi connectivity index (χ0v) is 11.7. The van der Waals surface area contributed by atoms with Crippen LogP contribution in [0.4, 0.5) is 0 Å². The summed E-state index contributed by atoms with van der Waals surface area (Å²) in [5, 5.41) is 12.2. The van der Waals surface area contributed by atoms with E-state index in [9.17, 15) is 4.79 Å². The molecule has 1 saturated carbocycles. The molecule has 0 amide bonds. The van der Waals surface area contributed by atoms with Crippen LogP contribution in [0.15, 0.2) is 10.6 Å². The number of ether oxygens (including phenoxy) is 1. The van der Waals surface area contributed by atoms with Crippen LogP contribution in [0.1, 0.15) is 56.3 Å². The Bertz CT molecular complexity index is 452. The average molecular weight is 267 g/mol. The second-order valence-corrected chi connectivity index (χ2v) is 6.33. The van der Waals surface area contributed by atoms with E-state index in [0.717, 1.165) is 12.8 Å². The van der Waals surface area contributed by atoms with Gasteiger partial charge >= 0.3 is 5.97 Å². The van der Waals surface area contributed by atoms with E-state index in [4.69, 9.17) is 14.4 Å². The highest BCUT2D eigenvalue weighted by Gasteiger charge is 2.32. The number of carboxylic acid groups (broad SMARTS) is 1. The topological polar surface area (TPSA) is 72.6 Å². The van der Waals surface area contributed by atoms with E-state index in [1.165, 1.54) is 12.5 Å². The molecule has 0 aromatic carbocycles. The van der Waals surface area contributed by atoms with Crippen LogP contribution in [0.5, 0.6) is 0 Å². The number of aromatic nitrogens is 1. The quantitative estimate of drug-likeness (QED) is 0.907. The van der Waals surface area contributed by atoms with Crippen molar-refractivity contribution in [3.8, 4) is 0 Å². The largest absolute Gasteiger partial charge is 0.476 e. The van der Waals surface area contributed by atoms with Crippen molar-refractivity contribution in [1.29, 1.82) is 0 Å². The molecule has 0 spiro atoms. The van der Waals surface area contributed by atoms with Crippen LogP contribution in [0, 0.1) is 11.3 Å². The smallest absolute Gasteiger partial charge is 0.358 e. The van der Waals surface area contributed by atoms with Crippen molar-refractivity contribution < 1.29 is 19.2 Å². The first-order chi connectivity index (χ1) is 8.85. The average Bonchev–Trinajstić information content (AvgIpc) is 2.72. The SMILES string of the molecule is CC1CC(OCc2cc(C(=O)O)no2)CC(C)(C)C1. The standard InChI is InChI=1S/C14H21NO4/c1-9-4-10(7-14(2,3)6-9)18-8-11-5-12(13(16)17)15-19-11/h5,9-10H,4,6-8H2,1-3H3,(H,16,17). The van der Waals surface area contributed by atoms with Crippen molar-refractivity contribution in [2.75, 3.05) is 0 Å². The molecule has 1 aliphatic rings. The summed E-state index contributed by atoms with van der Waals surface area (Å²) in [5.74, 6) is 0.0360. The normalized spacial score (nSPS) is 26.3. The van der Waals surface area contributed by atoms with Crippen LogP contribution in [0.3, 0.4) is 0 Å². The lowest BCUT2D eigenvalue weighted by molar-refractivity contribution is -0.0380. The molecule has 106 valence electrons. The van der Waals surface area contributed by atoms with E-state index in [-0.39, 0.29) is 18.4 Å². The Kier molecular flexibility index (Phi) is 3.94. The Labute approximate surface area is 112 Å². The fraction of sp³-hybridized carbons (Fsp3) is 0.714. The van der Waals surface area contributed by atoms with Gasteiger partial charge < -0.3 is 14.4 Å². The number of hydrogen-bond acceptors (Lipinski definition) is 4. The Morgan fingerprint density at radius 3 is 2.89 bits per heavy atom. The highest BCUT2D eigenvalue weighted by Crippen LogP contribution is 2.39. The molecule has 1 aliphatic carbocycles. The Morgan fingerprint density at radius 1 is 1.58 bits per heavy atom. The number of rotatable bonds is 4. The van der Waals surface area contributed by atoms with Gasteiger partial charge in [0.05, 0.1) is 6.10 Å². The molecule has 1 heterocycles. The van der Waals surface area contributed by atoms with Gasteiger partial charge in [-0.2, -0.15) is 0 Å². The number of carboxylic acids is 1. The zero-order chi connectivity index (χ0) is 14.0. The summed E-state index contributed by atoms with van der Waals surface area (Å²) in [6, 6.07) is 1.42. The fourth-order valence-electron chi connectivity index (χ4n) is 3.07. The van der Waals surface area contributed by atoms with Gasteiger partial charge in [-0.3, -0.25) is 0 Å². The lowest BCUT2D eigenvalue weighted by Crippen LogP contribution is -2.32. The molecule has 1 aromatic heterocycles. The second-order valence-electron chi connectivity index (χ2n) is 6.33. The molecule has 19 heavy (non-hydrogen) atoms. The monoisotopic (exact) mass is 267 g/mol. The maximum Gasteiger partial charge on any atom is 0.358 e. The highest BCUT2D eigenvalue weighted by molar-refractivity contribution is 5.85. The molecule has 0 radical (unpaired) electrons. The van der Waals surface area contributed by atoms with Crippen LogP contribution in [-0.4, -0.2) is 22.3 Å². The summed E-state index contributed by atoms with van der Waals surface area (Å²) >= 11 is 0. The summed E-state index contributed by atoms with van der Waals surface area (Å²) in [6.45, 7) is 7.05. The van der Waals surface area contributed by atoms with E-state index in [1.54, 1.807) is 0 Å². The van der Waals surface area contributed by atoms with Gasteiger partial charge in [-0.15, -0.1) is 0 Å². The van der Waals surface area contributed by atoms with Crippen LogP contribution in [0.2, 0.25) is 0 Å². The first kappa shape index (κ1) is 14.1. The number of nitrogens with zero attached hydrogens (tertiary/aromatic N) is 1. The van der Waals surface area contributed by atoms with E-state index in [0.29, 0.717) is 17.1 Å². The van der Waals surface area contributed by atoms with Gasteiger partial charge in [0.2, 0.25) is 0 Å². The summed E-state index contributed by atoms with van der Waals surface area (Å²) in [6.07, 6.45) is 3.50. The van der Waals surface area contributed by atoms with Crippen molar-refractivity contribution >= 4 is 5.97 Å². The van der Waals surface area contributed by atoms with Gasteiger partial charge in [-0.25, -0.2) is 4.79 Å². The third-order valence-corrected chi connectivity index (χ3v) is 3.59. The van der Waals surface area contributed by atoms with Crippen LogP contribution in [-0.2, 0) is 11.3 Å². The molecule has 1 fully saturated rings. The van der Waals surface area contributed by atoms with E-state index >= 15 is 0 Å². The lowest BCUT2D eigenvalue weighted by atomic mass is 9.71. The fourth-order valence-corrected chi connectivity index (χ4v) is 3.07. The van der Waals surface area contributed by atoms with E-state index in [1.807, 2.05) is 0 Å². The predicted octanol–water partition coefficient (Wildman–Crippen LogP) is 3.10. The van der Waals surface area contributed by atoms with Gasteiger partial charge in [-0.05, 0) is 30.6 Å². The minimum atomic E-state index is -1.08. The minimum absolute atomic E-state index is 0.0732. The van der Waals surface area contributed by atoms with Crippen LogP contribution in [0.25, 0.3) is 0 Å². The molecule has 2 unspecified atom stereocenters. The maximum absolute atomic E-state index is 10.7. The lowest BCUT2D eigenvalue weighted by Gasteiger charge is -2.38. The van der Waals surface area contributed by atoms with Gasteiger partial charge in [0.15, 0.2) is 11.5 Å². The molecule has 2 rings (SSSR count). The van der Waals surface area contributed by atoms with E-state index < -0.39 is 5.97 Å². The molecule has 5 heteroatoms. The number of carbonyl (C=O) groups is 1. The van der Waals surface area contributed by atoms with Crippen molar-refractivity contribution in [3.63, 3.8) is 0 Å². The maximum atomic E-state index is 10.7. The third-order valence-electron chi connectivity index (χ3n) is 3.59. The van der Waals surface area contributed by atoms with Gasteiger partial charge in [0.25, 0.3) is 0 Å². The molecule has 1 aromatic rings. The predicted molar refractivity (Wildman–Crippen MR) is 68.8 cm³/mol. The van der Waals surface area contributed by atoms with Gasteiger partial charge in [0.1, 0.15) is 6.61 Å². The number of aromatic carboxylic acids is 1. The van der Waals surface area contributed by atoms with Gasteiger partial charge in [-0.1, -0.05) is 25.9 Å². The Balaban J connectivity index is 1.89. The molecule has 0 aliphatic heterocycles. The minimum Gasteiger partial charge on any atom is -0.476 e. The molecule has 5 nitrogen and oxygen atoms in total. The van der Waals surface area contributed by atoms with Crippen molar-refractivity contribution in [3.05, 3.63) is 17.5 Å². The Morgan fingerprint density at radius 2 is 2.32 bits per heavy atom. The number of hydrogen-bond donors (Lipinski definition) is 1. The molecule has 2 atom stereocenters. The zero-order valence-electron chi connectivity index (χ0n) is 11.7. The van der Waals surface area contributed by atoms with Crippen molar-refractivity contribution in [2.45, 2.75) is 52.7 Å². The summed E-state index contributed by atoms with van der Waals surface area (Å²) < 4.78 is 10.8. The van der Waals surface area contributed by atoms with Gasteiger partial charge in [0, 0.05) is 6.07 Å². The first-order valence-corrected chi connectivity index (χ1v) is 6.66. The van der Waals surface area contributed by atoms with Crippen molar-refractivity contribution in [1.82, 2.24) is 5.16 Å². The summed E-state index contributed by atoms with van der Waals surface area (Å²) in [7, 11) is 0. The molecular weight excluding hydrogens is 246 g/mol. The summed E-state index contributed by atoms with van der Waals surface area (Å²) in [5.41, 5.74) is 0.228. The first-order valence-electron chi connectivity index (χ1n) is 6.66. The van der Waals surface area contributed by atoms with Crippen molar-refractivity contribution in [2.24, 2.45) is 11.3 Å². The van der Waals surface area contributed by atoms with Crippen LogP contribution < -0.4 is 0 Å². The summed E-state index contributed by atoms with van der Waals surface area (Å²) in [4.78, 5) is 10.7. The molecular formula is C14H21NO4. The molecule has 0 bridgehead atoms. The van der Waals surface area contributed by atoms with E-state index in [2.05, 4.69) is 25.9 Å².